The Bertz CT molecular complexity index is 469. The fraction of sp³-hybridized carbons (Fsp3) is 0.500. The molecular weight excluding hydrogens is 246 g/mol. The van der Waals surface area contributed by atoms with Crippen molar-refractivity contribution in [2.75, 3.05) is 26.6 Å². The summed E-state index contributed by atoms with van der Waals surface area (Å²) >= 11 is 0. The van der Waals surface area contributed by atoms with Gasteiger partial charge in [-0.25, -0.2) is 4.79 Å². The summed E-state index contributed by atoms with van der Waals surface area (Å²) in [6, 6.07) is 3.66. The molecule has 0 bridgehead atoms. The van der Waals surface area contributed by atoms with Crippen molar-refractivity contribution in [2.45, 2.75) is 26.3 Å². The monoisotopic (exact) mass is 267 g/mol. The molecule has 0 spiro atoms. The van der Waals surface area contributed by atoms with Gasteiger partial charge in [-0.2, -0.15) is 0 Å². The molecule has 1 N–H and O–H groups in total. The van der Waals surface area contributed by atoms with Gasteiger partial charge in [0.25, 0.3) is 0 Å². The highest BCUT2D eigenvalue weighted by molar-refractivity contribution is 5.84. The SMILES string of the molecule is COC(=O)C(C)(C)Nc1cc(OC)c(C)cc1OC. The maximum Gasteiger partial charge on any atom is 0.330 e. The number of benzene rings is 1. The van der Waals surface area contributed by atoms with Crippen LogP contribution in [0.3, 0.4) is 0 Å². The number of anilines is 1. The average molecular weight is 267 g/mol. The van der Waals surface area contributed by atoms with Crippen molar-refractivity contribution in [3.05, 3.63) is 17.7 Å². The number of carbonyl (C=O) groups is 1. The van der Waals surface area contributed by atoms with E-state index in [0.29, 0.717) is 11.4 Å². The van der Waals surface area contributed by atoms with Crippen LogP contribution in [-0.2, 0) is 9.53 Å². The molecule has 0 radical (unpaired) electrons. The molecule has 0 saturated carbocycles. The Labute approximate surface area is 113 Å². The van der Waals surface area contributed by atoms with E-state index < -0.39 is 5.54 Å². The quantitative estimate of drug-likeness (QED) is 0.830. The van der Waals surface area contributed by atoms with E-state index in [1.54, 1.807) is 34.1 Å². The lowest BCUT2D eigenvalue weighted by Gasteiger charge is -2.26. The summed E-state index contributed by atoms with van der Waals surface area (Å²) in [5, 5.41) is 3.11. The van der Waals surface area contributed by atoms with Gasteiger partial charge < -0.3 is 19.5 Å². The van der Waals surface area contributed by atoms with Crippen molar-refractivity contribution in [3.63, 3.8) is 0 Å². The van der Waals surface area contributed by atoms with Crippen molar-refractivity contribution in [2.24, 2.45) is 0 Å². The largest absolute Gasteiger partial charge is 0.496 e. The Morgan fingerprint density at radius 2 is 1.68 bits per heavy atom. The molecule has 0 saturated heterocycles. The zero-order valence-corrected chi connectivity index (χ0v) is 12.3. The Hall–Kier alpha value is -1.91. The van der Waals surface area contributed by atoms with Crippen molar-refractivity contribution in [3.8, 4) is 11.5 Å². The normalized spacial score (nSPS) is 10.8. The van der Waals surface area contributed by atoms with Gasteiger partial charge in [0.15, 0.2) is 0 Å². The minimum Gasteiger partial charge on any atom is -0.496 e. The molecule has 1 rings (SSSR count). The van der Waals surface area contributed by atoms with Gasteiger partial charge in [0.05, 0.1) is 27.0 Å². The lowest BCUT2D eigenvalue weighted by Crippen LogP contribution is -2.41. The number of ether oxygens (including phenoxy) is 3. The van der Waals surface area contributed by atoms with Crippen LogP contribution < -0.4 is 14.8 Å². The van der Waals surface area contributed by atoms with Gasteiger partial charge in [0, 0.05) is 6.07 Å². The molecule has 0 unspecified atom stereocenters. The number of aryl methyl sites for hydroxylation is 1. The first-order valence-electron chi connectivity index (χ1n) is 5.95. The van der Waals surface area contributed by atoms with Gasteiger partial charge in [0.1, 0.15) is 17.0 Å². The van der Waals surface area contributed by atoms with E-state index in [1.807, 2.05) is 13.0 Å². The standard InChI is InChI=1S/C14H21NO4/c1-9-7-12(18-5)10(8-11(9)17-4)15-14(2,3)13(16)19-6/h7-8,15H,1-6H3. The van der Waals surface area contributed by atoms with Crippen LogP contribution in [0.4, 0.5) is 5.69 Å². The highest BCUT2D eigenvalue weighted by Gasteiger charge is 2.29. The topological polar surface area (TPSA) is 56.8 Å². The van der Waals surface area contributed by atoms with Crippen LogP contribution in [0.2, 0.25) is 0 Å². The molecule has 0 aromatic heterocycles. The van der Waals surface area contributed by atoms with E-state index in [2.05, 4.69) is 5.32 Å². The molecule has 0 aliphatic carbocycles. The number of esters is 1. The van der Waals surface area contributed by atoms with Crippen LogP contribution in [0.25, 0.3) is 0 Å². The second-order valence-electron chi connectivity index (χ2n) is 4.76. The molecule has 106 valence electrons. The first-order valence-corrected chi connectivity index (χ1v) is 5.95. The van der Waals surface area contributed by atoms with Crippen LogP contribution in [-0.4, -0.2) is 32.8 Å². The summed E-state index contributed by atoms with van der Waals surface area (Å²) in [5.74, 6) is 1.02. The molecule has 19 heavy (non-hydrogen) atoms. The molecule has 5 heteroatoms. The van der Waals surface area contributed by atoms with E-state index in [0.717, 1.165) is 11.3 Å². The van der Waals surface area contributed by atoms with Gasteiger partial charge in [-0.3, -0.25) is 0 Å². The first-order chi connectivity index (χ1) is 8.85. The molecule has 0 atom stereocenters. The molecule has 0 heterocycles. The van der Waals surface area contributed by atoms with Gasteiger partial charge >= 0.3 is 5.97 Å². The molecule has 0 aliphatic rings. The van der Waals surface area contributed by atoms with Crippen LogP contribution >= 0.6 is 0 Å². The third kappa shape index (κ3) is 3.30. The zero-order valence-electron chi connectivity index (χ0n) is 12.3. The Balaban J connectivity index is 3.15. The van der Waals surface area contributed by atoms with Gasteiger partial charge in [0.2, 0.25) is 0 Å². The molecule has 1 aromatic rings. The van der Waals surface area contributed by atoms with Gasteiger partial charge in [-0.1, -0.05) is 0 Å². The predicted octanol–water partition coefficient (Wildman–Crippen LogP) is 2.38. The number of rotatable bonds is 5. The predicted molar refractivity (Wildman–Crippen MR) is 74.0 cm³/mol. The summed E-state index contributed by atoms with van der Waals surface area (Å²) in [7, 11) is 4.54. The minimum absolute atomic E-state index is 0.353. The van der Waals surface area contributed by atoms with Crippen LogP contribution in [0.5, 0.6) is 11.5 Å². The van der Waals surface area contributed by atoms with Crippen LogP contribution in [0.1, 0.15) is 19.4 Å². The van der Waals surface area contributed by atoms with Crippen LogP contribution in [0.15, 0.2) is 12.1 Å². The van der Waals surface area contributed by atoms with Crippen molar-refractivity contribution < 1.29 is 19.0 Å². The number of nitrogens with one attached hydrogen (secondary N) is 1. The average Bonchev–Trinajstić information content (AvgIpc) is 2.38. The van der Waals surface area contributed by atoms with E-state index in [-0.39, 0.29) is 5.97 Å². The summed E-state index contributed by atoms with van der Waals surface area (Å²) < 4.78 is 15.4. The zero-order chi connectivity index (χ0) is 14.6. The molecule has 5 nitrogen and oxygen atoms in total. The third-order valence-electron chi connectivity index (χ3n) is 2.86. The van der Waals surface area contributed by atoms with Crippen LogP contribution in [0, 0.1) is 6.92 Å². The van der Waals surface area contributed by atoms with E-state index in [4.69, 9.17) is 14.2 Å². The van der Waals surface area contributed by atoms with E-state index >= 15 is 0 Å². The summed E-state index contributed by atoms with van der Waals surface area (Å²) in [4.78, 5) is 11.7. The van der Waals surface area contributed by atoms with Crippen molar-refractivity contribution >= 4 is 11.7 Å². The lowest BCUT2D eigenvalue weighted by molar-refractivity contribution is -0.144. The van der Waals surface area contributed by atoms with Gasteiger partial charge in [-0.15, -0.1) is 0 Å². The Morgan fingerprint density at radius 3 is 2.16 bits per heavy atom. The Morgan fingerprint density at radius 1 is 1.11 bits per heavy atom. The summed E-state index contributed by atoms with van der Waals surface area (Å²) in [6.45, 7) is 5.41. The summed E-state index contributed by atoms with van der Waals surface area (Å²) in [6.07, 6.45) is 0. The smallest absolute Gasteiger partial charge is 0.330 e. The second-order valence-corrected chi connectivity index (χ2v) is 4.76. The van der Waals surface area contributed by atoms with Crippen molar-refractivity contribution in [1.29, 1.82) is 0 Å². The fourth-order valence-electron chi connectivity index (χ4n) is 1.79. The molecular formula is C14H21NO4. The maximum atomic E-state index is 11.7. The second kappa shape index (κ2) is 5.82. The molecule has 0 aliphatic heterocycles. The Kier molecular flexibility index (Phi) is 4.64. The number of hydrogen-bond donors (Lipinski definition) is 1. The van der Waals surface area contributed by atoms with E-state index in [9.17, 15) is 4.79 Å². The minimum atomic E-state index is -0.859. The lowest BCUT2D eigenvalue weighted by atomic mass is 10.0. The molecule has 1 aromatic carbocycles. The number of carbonyl (C=O) groups excluding carboxylic acids is 1. The van der Waals surface area contributed by atoms with Gasteiger partial charge in [-0.05, 0) is 32.4 Å². The fourth-order valence-corrected chi connectivity index (χ4v) is 1.79. The number of methoxy groups -OCH3 is 3. The summed E-state index contributed by atoms with van der Waals surface area (Å²) in [5.41, 5.74) is 0.781. The maximum absolute atomic E-state index is 11.7. The third-order valence-corrected chi connectivity index (χ3v) is 2.86. The first kappa shape index (κ1) is 15.1. The molecule has 0 amide bonds. The molecule has 0 fully saturated rings. The number of hydrogen-bond acceptors (Lipinski definition) is 5. The highest BCUT2D eigenvalue weighted by Crippen LogP contribution is 2.34. The van der Waals surface area contributed by atoms with E-state index in [1.165, 1.54) is 7.11 Å². The highest BCUT2D eigenvalue weighted by atomic mass is 16.5. The van der Waals surface area contributed by atoms with Crippen molar-refractivity contribution in [1.82, 2.24) is 0 Å².